The van der Waals surface area contributed by atoms with E-state index in [1.165, 1.54) is 19.2 Å². The summed E-state index contributed by atoms with van der Waals surface area (Å²) >= 11 is 0. The molecule has 0 saturated carbocycles. The van der Waals surface area contributed by atoms with Gasteiger partial charge in [0.1, 0.15) is 11.4 Å². The van der Waals surface area contributed by atoms with E-state index >= 15 is 0 Å². The maximum atomic E-state index is 12.7. The maximum Gasteiger partial charge on any atom is 0.338 e. The number of fused-ring (bicyclic) bond motifs is 1. The number of ether oxygens (including phenoxy) is 3. The van der Waals surface area contributed by atoms with Crippen molar-refractivity contribution in [3.63, 3.8) is 0 Å². The fourth-order valence-electron chi connectivity index (χ4n) is 3.49. The number of amides is 1. The minimum atomic E-state index is -0.808. The third-order valence-electron chi connectivity index (χ3n) is 5.08. The monoisotopic (exact) mass is 443 g/mol. The van der Waals surface area contributed by atoms with E-state index in [0.717, 1.165) is 30.2 Å². The molecule has 2 aromatic carbocycles. The van der Waals surface area contributed by atoms with Crippen LogP contribution in [-0.2, 0) is 20.7 Å². The van der Waals surface area contributed by atoms with Crippen molar-refractivity contribution in [2.24, 2.45) is 0 Å². The van der Waals surface area contributed by atoms with Gasteiger partial charge in [0.15, 0.2) is 6.61 Å². The molecule has 0 unspecified atom stereocenters. The van der Waals surface area contributed by atoms with Gasteiger partial charge in [-0.1, -0.05) is 0 Å². The molecular weight excluding hydrogens is 418 g/mol. The van der Waals surface area contributed by atoms with Crippen LogP contribution in [-0.4, -0.2) is 57.3 Å². The molecule has 10 nitrogen and oxygen atoms in total. The van der Waals surface area contributed by atoms with Crippen LogP contribution in [0.5, 0.6) is 5.75 Å². The molecule has 1 heterocycles. The van der Waals surface area contributed by atoms with Crippen LogP contribution in [0.25, 0.3) is 0 Å². The number of hydrogen-bond donors (Lipinski definition) is 1. The van der Waals surface area contributed by atoms with Gasteiger partial charge in [-0.2, -0.15) is 0 Å². The second kappa shape index (κ2) is 10.6. The molecule has 0 saturated heterocycles. The minimum absolute atomic E-state index is 0.00873. The third-order valence-corrected chi connectivity index (χ3v) is 5.08. The number of esters is 1. The molecule has 0 fully saturated rings. The normalized spacial score (nSPS) is 12.6. The third kappa shape index (κ3) is 5.33. The molecule has 3 rings (SSSR count). The summed E-state index contributed by atoms with van der Waals surface area (Å²) in [5.74, 6) is -0.458. The van der Waals surface area contributed by atoms with E-state index in [4.69, 9.17) is 14.2 Å². The minimum Gasteiger partial charge on any atom is -0.497 e. The number of nitro groups is 1. The van der Waals surface area contributed by atoms with Gasteiger partial charge in [-0.25, -0.2) is 4.79 Å². The molecule has 0 aromatic heterocycles. The largest absolute Gasteiger partial charge is 0.497 e. The lowest BCUT2D eigenvalue weighted by Crippen LogP contribution is -2.38. The van der Waals surface area contributed by atoms with Crippen LogP contribution >= 0.6 is 0 Å². The molecule has 0 spiro atoms. The van der Waals surface area contributed by atoms with Crippen molar-refractivity contribution in [3.05, 3.63) is 57.6 Å². The van der Waals surface area contributed by atoms with Gasteiger partial charge in [0, 0.05) is 32.0 Å². The van der Waals surface area contributed by atoms with Gasteiger partial charge >= 0.3 is 5.97 Å². The molecule has 0 atom stereocenters. The smallest absolute Gasteiger partial charge is 0.338 e. The van der Waals surface area contributed by atoms with Gasteiger partial charge in [-0.05, 0) is 48.7 Å². The van der Waals surface area contributed by atoms with Crippen molar-refractivity contribution in [1.82, 2.24) is 0 Å². The van der Waals surface area contributed by atoms with E-state index < -0.39 is 17.5 Å². The predicted octanol–water partition coefficient (Wildman–Crippen LogP) is 2.80. The lowest BCUT2D eigenvalue weighted by molar-refractivity contribution is -0.384. The molecule has 1 aliphatic heterocycles. The summed E-state index contributed by atoms with van der Waals surface area (Å²) in [6.45, 7) is 0.795. The first-order valence-corrected chi connectivity index (χ1v) is 10.1. The number of anilines is 2. The van der Waals surface area contributed by atoms with Crippen LogP contribution in [0.4, 0.5) is 17.1 Å². The van der Waals surface area contributed by atoms with Gasteiger partial charge in [0.2, 0.25) is 0 Å². The molecule has 1 amide bonds. The van der Waals surface area contributed by atoms with E-state index in [0.29, 0.717) is 25.4 Å². The molecular formula is C22H25N3O7. The first kappa shape index (κ1) is 23.0. The zero-order valence-electron chi connectivity index (χ0n) is 18.0. The highest BCUT2D eigenvalue weighted by Crippen LogP contribution is 2.31. The Morgan fingerprint density at radius 3 is 2.72 bits per heavy atom. The van der Waals surface area contributed by atoms with Crippen molar-refractivity contribution >= 4 is 28.9 Å². The van der Waals surface area contributed by atoms with Gasteiger partial charge in [0.25, 0.3) is 11.6 Å². The molecule has 10 heteroatoms. The molecule has 170 valence electrons. The lowest BCUT2D eigenvalue weighted by atomic mass is 10.0. The molecule has 0 bridgehead atoms. The van der Waals surface area contributed by atoms with Crippen LogP contribution in [0.2, 0.25) is 0 Å². The van der Waals surface area contributed by atoms with E-state index in [9.17, 15) is 19.7 Å². The highest BCUT2D eigenvalue weighted by Gasteiger charge is 2.25. The fraction of sp³-hybridized carbons (Fsp3) is 0.364. The van der Waals surface area contributed by atoms with Crippen LogP contribution in [0, 0.1) is 10.1 Å². The van der Waals surface area contributed by atoms with Gasteiger partial charge in [-0.3, -0.25) is 14.9 Å². The second-order valence-electron chi connectivity index (χ2n) is 7.13. The summed E-state index contributed by atoms with van der Waals surface area (Å²) in [4.78, 5) is 37.5. The van der Waals surface area contributed by atoms with Crippen LogP contribution in [0.15, 0.2) is 36.4 Å². The number of nitrogens with zero attached hydrogens (tertiary/aromatic N) is 2. The Balaban J connectivity index is 1.66. The zero-order valence-corrected chi connectivity index (χ0v) is 18.0. The summed E-state index contributed by atoms with van der Waals surface area (Å²) in [7, 11) is 3.11. The summed E-state index contributed by atoms with van der Waals surface area (Å²) in [5.41, 5.74) is 1.74. The lowest BCUT2D eigenvalue weighted by Gasteiger charge is -2.29. The Labute approximate surface area is 185 Å². The Morgan fingerprint density at radius 2 is 2.00 bits per heavy atom. The summed E-state index contributed by atoms with van der Waals surface area (Å²) in [6.07, 6.45) is 1.61. The highest BCUT2D eigenvalue weighted by molar-refractivity contribution is 5.98. The number of aryl methyl sites for hydroxylation is 1. The van der Waals surface area contributed by atoms with Gasteiger partial charge in [0.05, 0.1) is 24.2 Å². The predicted molar refractivity (Wildman–Crippen MR) is 117 cm³/mol. The summed E-state index contributed by atoms with van der Waals surface area (Å²) < 4.78 is 15.3. The average Bonchev–Trinajstić information content (AvgIpc) is 2.81. The molecule has 0 aliphatic carbocycles. The standard InChI is InChI=1S/C22H25N3O7/c1-30-11-9-23-18-7-5-16(13-20(18)25(28)29)22(27)32-14-21(26)24-10-3-4-15-12-17(31-2)6-8-19(15)24/h5-8,12-13,23H,3-4,9-11,14H2,1-2H3. The van der Waals surface area contributed by atoms with Gasteiger partial charge in [-0.15, -0.1) is 0 Å². The van der Waals surface area contributed by atoms with Crippen molar-refractivity contribution < 1.29 is 28.7 Å². The van der Waals surface area contributed by atoms with Crippen LogP contribution in [0.3, 0.4) is 0 Å². The highest BCUT2D eigenvalue weighted by atomic mass is 16.6. The average molecular weight is 443 g/mol. The number of methoxy groups -OCH3 is 2. The Kier molecular flexibility index (Phi) is 7.61. The van der Waals surface area contributed by atoms with Crippen molar-refractivity contribution in [2.75, 3.05) is 50.7 Å². The van der Waals surface area contributed by atoms with Crippen molar-refractivity contribution in [2.45, 2.75) is 12.8 Å². The second-order valence-corrected chi connectivity index (χ2v) is 7.13. The molecule has 1 aliphatic rings. The summed E-state index contributed by atoms with van der Waals surface area (Å²) in [6, 6.07) is 9.45. The number of nitrogens with one attached hydrogen (secondary N) is 1. The zero-order chi connectivity index (χ0) is 23.1. The first-order chi connectivity index (χ1) is 15.4. The Morgan fingerprint density at radius 1 is 1.19 bits per heavy atom. The number of nitro benzene ring substituents is 1. The van der Waals surface area contributed by atoms with E-state index in [-0.39, 0.29) is 22.8 Å². The number of rotatable bonds is 9. The molecule has 0 radical (unpaired) electrons. The molecule has 2 aromatic rings. The van der Waals surface area contributed by atoms with E-state index in [2.05, 4.69) is 5.32 Å². The number of benzene rings is 2. The number of carbonyl (C=O) groups is 2. The molecule has 1 N–H and O–H groups in total. The first-order valence-electron chi connectivity index (χ1n) is 10.1. The number of carbonyl (C=O) groups excluding carboxylic acids is 2. The van der Waals surface area contributed by atoms with Crippen LogP contribution in [0.1, 0.15) is 22.3 Å². The van der Waals surface area contributed by atoms with Crippen LogP contribution < -0.4 is 15.0 Å². The van der Waals surface area contributed by atoms with Crippen molar-refractivity contribution in [1.29, 1.82) is 0 Å². The maximum absolute atomic E-state index is 12.7. The molecule has 32 heavy (non-hydrogen) atoms. The van der Waals surface area contributed by atoms with E-state index in [1.807, 2.05) is 12.1 Å². The van der Waals surface area contributed by atoms with Crippen molar-refractivity contribution in [3.8, 4) is 5.75 Å². The SMILES string of the molecule is COCCNc1ccc(C(=O)OCC(=O)N2CCCc3cc(OC)ccc32)cc1[N+](=O)[O-]. The Hall–Kier alpha value is -3.66. The van der Waals surface area contributed by atoms with Gasteiger partial charge < -0.3 is 24.4 Å². The Bertz CT molecular complexity index is 1010. The fourth-order valence-corrected chi connectivity index (χ4v) is 3.49. The quantitative estimate of drug-likeness (QED) is 0.272. The topological polar surface area (TPSA) is 120 Å². The summed E-state index contributed by atoms with van der Waals surface area (Å²) in [5, 5.41) is 14.3. The van der Waals surface area contributed by atoms with E-state index in [1.54, 1.807) is 18.1 Å². The number of hydrogen-bond acceptors (Lipinski definition) is 8.